The molecule has 0 N–H and O–H groups in total. The number of amides is 1. The van der Waals surface area contributed by atoms with Gasteiger partial charge in [-0.1, -0.05) is 49.0 Å². The van der Waals surface area contributed by atoms with Gasteiger partial charge in [0.25, 0.3) is 0 Å². The van der Waals surface area contributed by atoms with Gasteiger partial charge < -0.3 is 14.2 Å². The number of aromatic nitrogens is 2. The van der Waals surface area contributed by atoms with Crippen LogP contribution in [0.5, 0.6) is 11.6 Å². The van der Waals surface area contributed by atoms with Crippen LogP contribution >= 0.6 is 0 Å². The number of ether oxygens (including phenoxy) is 1. The molecular weight excluding hydrogens is 410 g/mol. The molecule has 0 spiro atoms. The second-order valence-electron chi connectivity index (χ2n) is 7.93. The minimum absolute atomic E-state index is 0.0134. The maximum atomic E-state index is 11.9. The monoisotopic (exact) mass is 437 g/mol. The number of likely N-dealkylation sites (tertiary alicyclic amines) is 1. The Morgan fingerprint density at radius 3 is 2.36 bits per heavy atom. The fourth-order valence-corrected chi connectivity index (χ4v) is 3.76. The van der Waals surface area contributed by atoms with Crippen LogP contribution < -0.4 is 4.74 Å². The first kappa shape index (κ1) is 22.3. The second-order valence-corrected chi connectivity index (χ2v) is 7.93. The summed E-state index contributed by atoms with van der Waals surface area (Å²) >= 11 is 0. The van der Waals surface area contributed by atoms with Gasteiger partial charge in [0.1, 0.15) is 11.3 Å². The zero-order chi connectivity index (χ0) is 23.2. The minimum Gasteiger partial charge on any atom is -0.437 e. The maximum absolute atomic E-state index is 11.9. The third-order valence-electron chi connectivity index (χ3n) is 5.63. The number of rotatable bonds is 5. The van der Waals surface area contributed by atoms with Gasteiger partial charge in [-0.05, 0) is 61.7 Å². The van der Waals surface area contributed by atoms with Gasteiger partial charge in [0.15, 0.2) is 0 Å². The Kier molecular flexibility index (Phi) is 6.89. The highest BCUT2D eigenvalue weighted by Gasteiger charge is 2.31. The van der Waals surface area contributed by atoms with Gasteiger partial charge in [0.2, 0.25) is 11.8 Å². The Morgan fingerprint density at radius 2 is 1.76 bits per heavy atom. The first-order valence-electron chi connectivity index (χ1n) is 10.9. The molecule has 5 rings (SSSR count). The van der Waals surface area contributed by atoms with Crippen molar-refractivity contribution in [2.75, 3.05) is 6.54 Å². The average Bonchev–Trinajstić information content (AvgIpc) is 3.23. The molecule has 1 saturated heterocycles. The molecule has 0 aliphatic carbocycles. The van der Waals surface area contributed by atoms with Crippen molar-refractivity contribution in [1.29, 1.82) is 0 Å². The zero-order valence-corrected chi connectivity index (χ0v) is 18.6. The molecule has 3 heterocycles. The third kappa shape index (κ3) is 5.32. The quantitative estimate of drug-likeness (QED) is 0.378. The third-order valence-corrected chi connectivity index (χ3v) is 5.63. The van der Waals surface area contributed by atoms with Crippen molar-refractivity contribution < 1.29 is 9.53 Å². The zero-order valence-electron chi connectivity index (χ0n) is 18.6. The number of carbonyl (C=O) groups excluding carboxylic acids is 1. The van der Waals surface area contributed by atoms with E-state index in [1.165, 1.54) is 6.08 Å². The number of benzene rings is 2. The van der Waals surface area contributed by atoms with Crippen LogP contribution in [0.15, 0.2) is 91.8 Å². The lowest BCUT2D eigenvalue weighted by Crippen LogP contribution is -2.52. The molecule has 0 unspecified atom stereocenters. The smallest absolute Gasteiger partial charge is 0.246 e. The van der Waals surface area contributed by atoms with Crippen LogP contribution in [0.1, 0.15) is 17.5 Å². The highest BCUT2D eigenvalue weighted by molar-refractivity contribution is 5.88. The van der Waals surface area contributed by atoms with E-state index < -0.39 is 0 Å². The van der Waals surface area contributed by atoms with E-state index in [4.69, 9.17) is 4.74 Å². The summed E-state index contributed by atoms with van der Waals surface area (Å²) in [4.78, 5) is 18.2. The van der Waals surface area contributed by atoms with Gasteiger partial charge in [-0.15, -0.1) is 0 Å². The fraction of sp³-hybridized carbons (Fsp3) is 0.143. The number of fused-ring (bicyclic) bond motifs is 1. The summed E-state index contributed by atoms with van der Waals surface area (Å²) in [5.74, 6) is 1.27. The van der Waals surface area contributed by atoms with E-state index in [-0.39, 0.29) is 11.9 Å². The van der Waals surface area contributed by atoms with Gasteiger partial charge in [-0.2, -0.15) is 0 Å². The molecule has 2 radical (unpaired) electrons. The SMILES string of the molecule is [CH2]c1ccc(Oc2nccc3ccn(C[C@H]4CCN4C(=O)C=C)c23)cc1.[CH2]c1ccccc1. The van der Waals surface area contributed by atoms with Crippen molar-refractivity contribution in [2.45, 2.75) is 19.0 Å². The Morgan fingerprint density at radius 1 is 1.03 bits per heavy atom. The average molecular weight is 438 g/mol. The van der Waals surface area contributed by atoms with Crippen LogP contribution in [0.25, 0.3) is 10.9 Å². The fourth-order valence-electron chi connectivity index (χ4n) is 3.76. The van der Waals surface area contributed by atoms with E-state index >= 15 is 0 Å². The Bertz CT molecular complexity index is 1230. The molecule has 5 nitrogen and oxygen atoms in total. The van der Waals surface area contributed by atoms with Crippen molar-refractivity contribution >= 4 is 16.8 Å². The molecule has 2 aromatic carbocycles. The molecule has 5 heteroatoms. The molecule has 33 heavy (non-hydrogen) atoms. The first-order chi connectivity index (χ1) is 16.0. The van der Waals surface area contributed by atoms with Gasteiger partial charge in [-0.25, -0.2) is 4.98 Å². The van der Waals surface area contributed by atoms with E-state index in [9.17, 15) is 4.79 Å². The number of hydrogen-bond donors (Lipinski definition) is 0. The van der Waals surface area contributed by atoms with Crippen molar-refractivity contribution in [3.05, 3.63) is 117 Å². The largest absolute Gasteiger partial charge is 0.437 e. The van der Waals surface area contributed by atoms with E-state index in [1.807, 2.05) is 77.8 Å². The number of pyridine rings is 1. The van der Waals surface area contributed by atoms with E-state index in [0.29, 0.717) is 12.4 Å². The van der Waals surface area contributed by atoms with Crippen LogP contribution in [0.3, 0.4) is 0 Å². The molecule has 0 bridgehead atoms. The highest BCUT2D eigenvalue weighted by Crippen LogP contribution is 2.30. The standard InChI is InChI=1S/C21H20N3O2.C7H7/c1-3-19(25)24-13-10-17(24)14-23-12-9-16-8-11-22-21(20(16)23)26-18-6-4-15(2)5-7-18;1-7-5-3-2-4-6-7/h3-9,11-12,17H,1-2,10,13-14H2;2-6H,1H2/t17-;/m1./s1. The van der Waals surface area contributed by atoms with Crippen LogP contribution in [-0.4, -0.2) is 32.9 Å². The predicted octanol–water partition coefficient (Wildman–Crippen LogP) is 5.67. The number of carbonyl (C=O) groups is 1. The predicted molar refractivity (Wildman–Crippen MR) is 132 cm³/mol. The van der Waals surface area contributed by atoms with Crippen LogP contribution in [0.2, 0.25) is 0 Å². The van der Waals surface area contributed by atoms with E-state index in [1.54, 1.807) is 6.20 Å². The summed E-state index contributed by atoms with van der Waals surface area (Å²) in [5.41, 5.74) is 2.94. The minimum atomic E-state index is -0.0134. The van der Waals surface area contributed by atoms with Crippen molar-refractivity contribution in [3.63, 3.8) is 0 Å². The number of hydrogen-bond acceptors (Lipinski definition) is 3. The lowest BCUT2D eigenvalue weighted by atomic mass is 10.0. The molecule has 2 aromatic heterocycles. The summed E-state index contributed by atoms with van der Waals surface area (Å²) in [6.07, 6.45) is 6.13. The molecular formula is C28H27N3O2. The Labute approximate surface area is 194 Å². The molecule has 1 aliphatic heterocycles. The summed E-state index contributed by atoms with van der Waals surface area (Å²) in [7, 11) is 0. The normalized spacial score (nSPS) is 14.7. The summed E-state index contributed by atoms with van der Waals surface area (Å²) in [5, 5.41) is 1.06. The van der Waals surface area contributed by atoms with Crippen molar-refractivity contribution in [2.24, 2.45) is 0 Å². The summed E-state index contributed by atoms with van der Waals surface area (Å²) in [6.45, 7) is 12.7. The molecule has 1 atom stereocenters. The van der Waals surface area contributed by atoms with Crippen LogP contribution in [0.4, 0.5) is 0 Å². The van der Waals surface area contributed by atoms with Crippen molar-refractivity contribution in [3.8, 4) is 11.6 Å². The first-order valence-corrected chi connectivity index (χ1v) is 10.9. The van der Waals surface area contributed by atoms with E-state index in [0.717, 1.165) is 40.7 Å². The molecule has 1 amide bonds. The molecule has 1 aliphatic rings. The maximum Gasteiger partial charge on any atom is 0.246 e. The highest BCUT2D eigenvalue weighted by atomic mass is 16.5. The van der Waals surface area contributed by atoms with Crippen LogP contribution in [0, 0.1) is 13.8 Å². The Hall–Kier alpha value is -3.86. The molecule has 0 saturated carbocycles. The Balaban J connectivity index is 0.000000318. The molecule has 1 fully saturated rings. The lowest BCUT2D eigenvalue weighted by molar-refractivity contribution is -0.133. The number of nitrogens with zero attached hydrogens (tertiary/aromatic N) is 3. The second kappa shape index (κ2) is 10.2. The van der Waals surface area contributed by atoms with Gasteiger partial charge in [0.05, 0.1) is 6.04 Å². The molecule has 4 aromatic rings. The van der Waals surface area contributed by atoms with Gasteiger partial charge >= 0.3 is 0 Å². The molecule has 166 valence electrons. The summed E-state index contributed by atoms with van der Waals surface area (Å²) < 4.78 is 8.13. The van der Waals surface area contributed by atoms with Gasteiger partial charge in [0, 0.05) is 30.9 Å². The van der Waals surface area contributed by atoms with E-state index in [2.05, 4.69) is 30.0 Å². The van der Waals surface area contributed by atoms with Crippen molar-refractivity contribution in [1.82, 2.24) is 14.5 Å². The van der Waals surface area contributed by atoms with Gasteiger partial charge in [-0.3, -0.25) is 4.79 Å². The lowest BCUT2D eigenvalue weighted by Gasteiger charge is -2.40. The van der Waals surface area contributed by atoms with Crippen LogP contribution in [-0.2, 0) is 11.3 Å². The topological polar surface area (TPSA) is 47.4 Å². The summed E-state index contributed by atoms with van der Waals surface area (Å²) in [6, 6.07) is 21.6.